The fraction of sp³-hybridized carbons (Fsp3) is 0.278. The number of methoxy groups -OCH3 is 1. The van der Waals surface area contributed by atoms with Crippen molar-refractivity contribution in [3.05, 3.63) is 29.8 Å². The highest BCUT2D eigenvalue weighted by molar-refractivity contribution is 5.84. The minimum absolute atomic E-state index is 0.189. The lowest BCUT2D eigenvalue weighted by Crippen LogP contribution is -2.36. The third-order valence-corrected chi connectivity index (χ3v) is 4.65. The van der Waals surface area contributed by atoms with Gasteiger partial charge in [-0.1, -0.05) is 0 Å². The van der Waals surface area contributed by atoms with Gasteiger partial charge in [0.1, 0.15) is 5.82 Å². The van der Waals surface area contributed by atoms with Gasteiger partial charge in [-0.25, -0.2) is 4.98 Å². The Hall–Kier alpha value is -2.89. The van der Waals surface area contributed by atoms with Crippen LogP contribution < -0.4 is 9.64 Å². The van der Waals surface area contributed by atoms with E-state index in [9.17, 15) is 10.2 Å². The molecular weight excluding hydrogens is 306 g/mol. The molecule has 0 spiro atoms. The van der Waals surface area contributed by atoms with Crippen LogP contribution in [-0.2, 0) is 0 Å². The molecule has 0 aliphatic carbocycles. The van der Waals surface area contributed by atoms with Crippen LogP contribution in [0, 0.1) is 6.92 Å². The predicted octanol–water partition coefficient (Wildman–Crippen LogP) is 3.17. The Morgan fingerprint density at radius 1 is 1.17 bits per heavy atom. The van der Waals surface area contributed by atoms with Crippen LogP contribution in [0.4, 0.5) is 5.69 Å². The molecule has 6 heteroatoms. The molecule has 1 fully saturated rings. The second-order valence-corrected chi connectivity index (χ2v) is 6.08. The Morgan fingerprint density at radius 2 is 1.96 bits per heavy atom. The van der Waals surface area contributed by atoms with Gasteiger partial charge in [-0.15, -0.1) is 0 Å². The molecule has 1 aromatic heterocycles. The minimum Gasteiger partial charge on any atom is -0.504 e. The van der Waals surface area contributed by atoms with E-state index in [1.807, 2.05) is 6.07 Å². The standard InChI is InChI=1S/C18H19N3O3/c1-10-12(9-15(24-2)17(23)16(10)22)18-19-13-5-4-11(8-14(13)20-18)21-6-3-7-21/h4-5,8-9,22-23H,3,6-7H2,1-2H3,(H,19,20). The molecule has 0 amide bonds. The van der Waals surface area contributed by atoms with Gasteiger partial charge in [-0.3, -0.25) is 0 Å². The summed E-state index contributed by atoms with van der Waals surface area (Å²) < 4.78 is 5.13. The van der Waals surface area contributed by atoms with Crippen LogP contribution in [0.1, 0.15) is 12.0 Å². The van der Waals surface area contributed by atoms with Crippen molar-refractivity contribution < 1.29 is 14.9 Å². The molecular formula is C18H19N3O3. The largest absolute Gasteiger partial charge is 0.504 e. The first-order chi connectivity index (χ1) is 11.6. The summed E-state index contributed by atoms with van der Waals surface area (Å²) in [5.41, 5.74) is 4.24. The Bertz CT molecular complexity index is 929. The van der Waals surface area contributed by atoms with Crippen LogP contribution in [0.3, 0.4) is 0 Å². The van der Waals surface area contributed by atoms with Crippen LogP contribution >= 0.6 is 0 Å². The summed E-state index contributed by atoms with van der Waals surface area (Å²) >= 11 is 0. The average molecular weight is 325 g/mol. The number of benzene rings is 2. The molecule has 4 rings (SSSR count). The van der Waals surface area contributed by atoms with Crippen LogP contribution in [0.5, 0.6) is 17.2 Å². The first-order valence-corrected chi connectivity index (χ1v) is 7.93. The SMILES string of the molecule is COc1cc(-c2nc3ccc(N4CCC4)cc3[nH]2)c(C)c(O)c1O. The van der Waals surface area contributed by atoms with E-state index in [4.69, 9.17) is 4.74 Å². The Balaban J connectivity index is 1.83. The molecule has 1 aliphatic rings. The van der Waals surface area contributed by atoms with Crippen LogP contribution in [-0.4, -0.2) is 40.4 Å². The second-order valence-electron chi connectivity index (χ2n) is 6.08. The molecule has 3 aromatic rings. The van der Waals surface area contributed by atoms with Gasteiger partial charge in [0.25, 0.3) is 0 Å². The molecule has 2 heterocycles. The van der Waals surface area contributed by atoms with Crippen molar-refractivity contribution in [2.45, 2.75) is 13.3 Å². The van der Waals surface area contributed by atoms with Crippen LogP contribution in [0.25, 0.3) is 22.4 Å². The molecule has 0 unspecified atom stereocenters. The summed E-state index contributed by atoms with van der Waals surface area (Å²) in [7, 11) is 1.45. The minimum atomic E-state index is -0.255. The predicted molar refractivity (Wildman–Crippen MR) is 93.0 cm³/mol. The number of ether oxygens (including phenoxy) is 1. The fourth-order valence-electron chi connectivity index (χ4n) is 3.03. The number of anilines is 1. The van der Waals surface area contributed by atoms with Crippen molar-refractivity contribution in [2.24, 2.45) is 0 Å². The number of aromatic nitrogens is 2. The van der Waals surface area contributed by atoms with Gasteiger partial charge in [0.15, 0.2) is 11.5 Å². The van der Waals surface area contributed by atoms with Crippen LogP contribution in [0.2, 0.25) is 0 Å². The van der Waals surface area contributed by atoms with E-state index in [-0.39, 0.29) is 17.2 Å². The summed E-state index contributed by atoms with van der Waals surface area (Å²) in [5.74, 6) is 0.410. The first kappa shape index (κ1) is 14.7. The molecule has 24 heavy (non-hydrogen) atoms. The first-order valence-electron chi connectivity index (χ1n) is 7.93. The molecule has 0 bridgehead atoms. The number of aromatic hydroxyl groups is 2. The normalized spacial score (nSPS) is 14.0. The number of aromatic amines is 1. The Kier molecular flexibility index (Phi) is 3.26. The highest BCUT2D eigenvalue weighted by Gasteiger charge is 2.19. The Morgan fingerprint density at radius 3 is 2.62 bits per heavy atom. The van der Waals surface area contributed by atoms with Gasteiger partial charge < -0.3 is 24.8 Å². The zero-order valence-corrected chi connectivity index (χ0v) is 13.6. The highest BCUT2D eigenvalue weighted by Crippen LogP contribution is 2.43. The maximum atomic E-state index is 10.1. The number of nitrogens with zero attached hydrogens (tertiary/aromatic N) is 2. The van der Waals surface area contributed by atoms with Crippen molar-refractivity contribution in [3.63, 3.8) is 0 Å². The van der Waals surface area contributed by atoms with Crippen molar-refractivity contribution in [3.8, 4) is 28.6 Å². The lowest BCUT2D eigenvalue weighted by Gasteiger charge is -2.33. The van der Waals surface area contributed by atoms with E-state index in [2.05, 4.69) is 27.0 Å². The van der Waals surface area contributed by atoms with E-state index >= 15 is 0 Å². The Labute approximate surface area is 139 Å². The van der Waals surface area contributed by atoms with Crippen molar-refractivity contribution in [1.82, 2.24) is 9.97 Å². The summed E-state index contributed by atoms with van der Waals surface area (Å²) in [6, 6.07) is 7.85. The van der Waals surface area contributed by atoms with E-state index < -0.39 is 0 Å². The molecule has 0 radical (unpaired) electrons. The molecule has 124 valence electrons. The van der Waals surface area contributed by atoms with Gasteiger partial charge in [-0.2, -0.15) is 0 Å². The van der Waals surface area contributed by atoms with E-state index in [1.54, 1.807) is 13.0 Å². The number of imidazole rings is 1. The quantitative estimate of drug-likeness (QED) is 0.644. The summed E-state index contributed by atoms with van der Waals surface area (Å²) in [6.45, 7) is 3.92. The maximum Gasteiger partial charge on any atom is 0.200 e. The number of hydrogen-bond acceptors (Lipinski definition) is 5. The third-order valence-electron chi connectivity index (χ3n) is 4.65. The number of phenols is 2. The summed E-state index contributed by atoms with van der Waals surface area (Å²) in [4.78, 5) is 10.2. The van der Waals surface area contributed by atoms with E-state index in [1.165, 1.54) is 19.2 Å². The maximum absolute atomic E-state index is 10.1. The monoisotopic (exact) mass is 325 g/mol. The summed E-state index contributed by atoms with van der Waals surface area (Å²) in [5, 5.41) is 20.0. The van der Waals surface area contributed by atoms with Gasteiger partial charge in [0, 0.05) is 29.9 Å². The zero-order valence-electron chi connectivity index (χ0n) is 13.6. The van der Waals surface area contributed by atoms with Crippen LogP contribution in [0.15, 0.2) is 24.3 Å². The molecule has 0 atom stereocenters. The van der Waals surface area contributed by atoms with E-state index in [0.29, 0.717) is 17.0 Å². The lowest BCUT2D eigenvalue weighted by atomic mass is 10.1. The third kappa shape index (κ3) is 2.14. The molecule has 1 aliphatic heterocycles. The summed E-state index contributed by atoms with van der Waals surface area (Å²) in [6.07, 6.45) is 1.23. The molecule has 1 saturated heterocycles. The smallest absolute Gasteiger partial charge is 0.200 e. The van der Waals surface area contributed by atoms with Gasteiger partial charge >= 0.3 is 0 Å². The lowest BCUT2D eigenvalue weighted by molar-refractivity contribution is 0.350. The van der Waals surface area contributed by atoms with E-state index in [0.717, 1.165) is 24.1 Å². The van der Waals surface area contributed by atoms with Crippen molar-refractivity contribution in [2.75, 3.05) is 25.1 Å². The van der Waals surface area contributed by atoms with Gasteiger partial charge in [0.05, 0.1) is 18.1 Å². The van der Waals surface area contributed by atoms with Crippen molar-refractivity contribution >= 4 is 16.7 Å². The average Bonchev–Trinajstić information content (AvgIpc) is 2.94. The number of rotatable bonds is 3. The van der Waals surface area contributed by atoms with Gasteiger partial charge in [-0.05, 0) is 37.6 Å². The zero-order chi connectivity index (χ0) is 16.8. The molecule has 6 nitrogen and oxygen atoms in total. The fourth-order valence-corrected chi connectivity index (χ4v) is 3.03. The number of H-pyrrole nitrogens is 1. The number of phenolic OH excluding ortho intramolecular Hbond substituents is 2. The van der Waals surface area contributed by atoms with Crippen molar-refractivity contribution in [1.29, 1.82) is 0 Å². The number of hydrogen-bond donors (Lipinski definition) is 3. The number of fused-ring (bicyclic) bond motifs is 1. The number of nitrogens with one attached hydrogen (secondary N) is 1. The highest BCUT2D eigenvalue weighted by atomic mass is 16.5. The second kappa shape index (κ2) is 5.33. The molecule has 0 saturated carbocycles. The molecule has 2 aromatic carbocycles. The van der Waals surface area contributed by atoms with Gasteiger partial charge in [0.2, 0.25) is 5.75 Å². The topological polar surface area (TPSA) is 81.6 Å². The molecule has 3 N–H and O–H groups in total.